The van der Waals surface area contributed by atoms with Crippen molar-refractivity contribution in [3.63, 3.8) is 0 Å². The molecule has 0 unspecified atom stereocenters. The van der Waals surface area contributed by atoms with Gasteiger partial charge in [0.25, 0.3) is 0 Å². The molecule has 5 heteroatoms. The molecule has 0 saturated heterocycles. The van der Waals surface area contributed by atoms with Gasteiger partial charge in [0.05, 0.1) is 17.1 Å². The van der Waals surface area contributed by atoms with Crippen LogP contribution >= 0.6 is 0 Å². The summed E-state index contributed by atoms with van der Waals surface area (Å²) in [6.07, 6.45) is 0. The highest BCUT2D eigenvalue weighted by molar-refractivity contribution is 5.93. The number of nitrogens with two attached hydrogens (primary N) is 3. The summed E-state index contributed by atoms with van der Waals surface area (Å²) in [4.78, 5) is 4.28. The van der Waals surface area contributed by atoms with Gasteiger partial charge in [0.15, 0.2) is 0 Å². The number of benzene rings is 5. The van der Waals surface area contributed by atoms with E-state index in [0.717, 1.165) is 28.4 Å². The first-order valence-corrected chi connectivity index (χ1v) is 11.4. The lowest BCUT2D eigenvalue weighted by Crippen LogP contribution is -2.15. The molecular formula is C30H27N5. The van der Waals surface area contributed by atoms with Crippen LogP contribution in [0.4, 0.5) is 51.2 Å². The molecule has 5 nitrogen and oxygen atoms in total. The molecule has 0 radical (unpaired) electrons. The van der Waals surface area contributed by atoms with Crippen molar-refractivity contribution in [3.8, 4) is 0 Å². The zero-order valence-corrected chi connectivity index (χ0v) is 19.3. The molecule has 0 saturated carbocycles. The maximum atomic E-state index is 6.42. The summed E-state index contributed by atoms with van der Waals surface area (Å²) in [5, 5.41) is 0. The third kappa shape index (κ3) is 4.48. The first-order valence-electron chi connectivity index (χ1n) is 11.4. The van der Waals surface area contributed by atoms with Crippen molar-refractivity contribution in [2.24, 2.45) is 0 Å². The van der Waals surface area contributed by atoms with Crippen LogP contribution in [0.5, 0.6) is 0 Å². The fraction of sp³-hybridized carbons (Fsp3) is 0. The van der Waals surface area contributed by atoms with Crippen LogP contribution in [-0.2, 0) is 0 Å². The summed E-state index contributed by atoms with van der Waals surface area (Å²) in [6.45, 7) is 0. The van der Waals surface area contributed by atoms with Crippen molar-refractivity contribution in [1.82, 2.24) is 0 Å². The van der Waals surface area contributed by atoms with Crippen molar-refractivity contribution < 1.29 is 0 Å². The van der Waals surface area contributed by atoms with Gasteiger partial charge in [-0.1, -0.05) is 54.6 Å². The Labute approximate surface area is 205 Å². The van der Waals surface area contributed by atoms with Crippen LogP contribution in [0.1, 0.15) is 0 Å². The molecule has 0 bridgehead atoms. The van der Waals surface area contributed by atoms with Crippen LogP contribution in [0.15, 0.2) is 127 Å². The van der Waals surface area contributed by atoms with Crippen LogP contribution in [-0.4, -0.2) is 0 Å². The normalized spacial score (nSPS) is 10.6. The van der Waals surface area contributed by atoms with Gasteiger partial charge < -0.3 is 27.0 Å². The highest BCUT2D eigenvalue weighted by atomic mass is 15.2. The van der Waals surface area contributed by atoms with Crippen molar-refractivity contribution in [2.45, 2.75) is 0 Å². The Morgan fingerprint density at radius 2 is 0.686 bits per heavy atom. The number of nitrogens with zero attached hydrogens (tertiary/aromatic N) is 2. The number of hydrogen-bond donors (Lipinski definition) is 3. The average molecular weight is 458 g/mol. The minimum absolute atomic E-state index is 0.519. The Morgan fingerprint density at radius 1 is 0.371 bits per heavy atom. The third-order valence-electron chi connectivity index (χ3n) is 5.82. The van der Waals surface area contributed by atoms with Crippen molar-refractivity contribution in [2.75, 3.05) is 27.0 Å². The molecule has 5 rings (SSSR count). The minimum Gasteiger partial charge on any atom is -0.399 e. The topological polar surface area (TPSA) is 84.5 Å². The summed E-state index contributed by atoms with van der Waals surface area (Å²) in [5.74, 6) is 0. The smallest absolute Gasteiger partial charge is 0.0925 e. The van der Waals surface area contributed by atoms with E-state index in [0.29, 0.717) is 22.7 Å². The molecule has 0 fully saturated rings. The molecule has 0 amide bonds. The lowest BCUT2D eigenvalue weighted by Gasteiger charge is -2.29. The quantitative estimate of drug-likeness (QED) is 0.232. The van der Waals surface area contributed by atoms with Crippen LogP contribution in [0.3, 0.4) is 0 Å². The highest BCUT2D eigenvalue weighted by Gasteiger charge is 2.19. The van der Waals surface area contributed by atoms with Gasteiger partial charge in [0.2, 0.25) is 0 Å². The first-order chi connectivity index (χ1) is 17.1. The van der Waals surface area contributed by atoms with E-state index in [-0.39, 0.29) is 0 Å². The molecule has 5 aromatic carbocycles. The fourth-order valence-electron chi connectivity index (χ4n) is 4.30. The Kier molecular flexibility index (Phi) is 5.97. The molecular weight excluding hydrogens is 430 g/mol. The van der Waals surface area contributed by atoms with Crippen LogP contribution in [0.25, 0.3) is 0 Å². The number of anilines is 9. The SMILES string of the molecule is Nc1cc(N)c(N(c2ccccc2)c2ccc(N(c3ccccc3)c3ccccc3)cc2)c(N)c1. The van der Waals surface area contributed by atoms with Gasteiger partial charge in [-0.15, -0.1) is 0 Å². The second kappa shape index (κ2) is 9.53. The molecule has 0 aromatic heterocycles. The Balaban J connectivity index is 1.62. The Hall–Kier alpha value is -4.90. The van der Waals surface area contributed by atoms with Gasteiger partial charge in [-0.2, -0.15) is 0 Å². The van der Waals surface area contributed by atoms with Crippen LogP contribution in [0.2, 0.25) is 0 Å². The summed E-state index contributed by atoms with van der Waals surface area (Å²) in [7, 11) is 0. The molecule has 172 valence electrons. The number of para-hydroxylation sites is 3. The maximum absolute atomic E-state index is 6.42. The first kappa shape index (κ1) is 21.9. The van der Waals surface area contributed by atoms with E-state index in [1.54, 1.807) is 12.1 Å². The minimum atomic E-state index is 0.519. The van der Waals surface area contributed by atoms with E-state index in [9.17, 15) is 0 Å². The van der Waals surface area contributed by atoms with Gasteiger partial charge >= 0.3 is 0 Å². The van der Waals surface area contributed by atoms with E-state index in [1.807, 2.05) is 66.7 Å². The maximum Gasteiger partial charge on any atom is 0.0925 e. The van der Waals surface area contributed by atoms with Gasteiger partial charge in [-0.25, -0.2) is 0 Å². The van der Waals surface area contributed by atoms with Gasteiger partial charge in [0.1, 0.15) is 0 Å². The molecule has 0 aliphatic heterocycles. The van der Waals surface area contributed by atoms with E-state index >= 15 is 0 Å². The zero-order valence-electron chi connectivity index (χ0n) is 19.3. The van der Waals surface area contributed by atoms with Gasteiger partial charge in [-0.05, 0) is 72.8 Å². The summed E-state index contributed by atoms with van der Waals surface area (Å²) in [6, 6.07) is 42.5. The van der Waals surface area contributed by atoms with E-state index < -0.39 is 0 Å². The molecule has 5 aromatic rings. The predicted octanol–water partition coefficient (Wildman–Crippen LogP) is 7.37. The number of rotatable bonds is 6. The standard InChI is InChI=1S/C30H27N5/c31-22-20-28(32)30(29(33)21-22)35(25-14-8-3-9-15-25)27-18-16-26(17-19-27)34(23-10-4-1-5-11-23)24-12-6-2-7-13-24/h1-21H,31-33H2. The molecule has 35 heavy (non-hydrogen) atoms. The van der Waals surface area contributed by atoms with Crippen molar-refractivity contribution in [1.29, 1.82) is 0 Å². The molecule has 0 aliphatic carbocycles. The summed E-state index contributed by atoms with van der Waals surface area (Å²) >= 11 is 0. The Morgan fingerprint density at radius 3 is 1.09 bits per heavy atom. The van der Waals surface area contributed by atoms with Crippen LogP contribution < -0.4 is 27.0 Å². The second-order valence-corrected chi connectivity index (χ2v) is 8.24. The molecule has 0 spiro atoms. The largest absolute Gasteiger partial charge is 0.399 e. The number of nitrogen functional groups attached to an aromatic ring is 3. The van der Waals surface area contributed by atoms with Crippen molar-refractivity contribution in [3.05, 3.63) is 127 Å². The Bertz CT molecular complexity index is 1340. The molecule has 0 heterocycles. The number of hydrogen-bond acceptors (Lipinski definition) is 5. The third-order valence-corrected chi connectivity index (χ3v) is 5.82. The van der Waals surface area contributed by atoms with Gasteiger partial charge in [-0.3, -0.25) is 0 Å². The average Bonchev–Trinajstić information content (AvgIpc) is 2.89. The summed E-state index contributed by atoms with van der Waals surface area (Å²) < 4.78 is 0. The summed E-state index contributed by atoms with van der Waals surface area (Å²) in [5.41, 5.74) is 26.2. The van der Waals surface area contributed by atoms with Crippen molar-refractivity contribution >= 4 is 51.2 Å². The molecule has 0 atom stereocenters. The van der Waals surface area contributed by atoms with Crippen LogP contribution in [0, 0.1) is 0 Å². The predicted molar refractivity (Wildman–Crippen MR) is 149 cm³/mol. The molecule has 0 aliphatic rings. The fourth-order valence-corrected chi connectivity index (χ4v) is 4.30. The lowest BCUT2D eigenvalue weighted by molar-refractivity contribution is 1.26. The monoisotopic (exact) mass is 457 g/mol. The second-order valence-electron chi connectivity index (χ2n) is 8.24. The van der Waals surface area contributed by atoms with E-state index in [2.05, 4.69) is 58.3 Å². The zero-order chi connectivity index (χ0) is 24.2. The van der Waals surface area contributed by atoms with E-state index in [4.69, 9.17) is 17.2 Å². The van der Waals surface area contributed by atoms with E-state index in [1.165, 1.54) is 0 Å². The highest BCUT2D eigenvalue weighted by Crippen LogP contribution is 2.43. The lowest BCUT2D eigenvalue weighted by atomic mass is 10.1. The van der Waals surface area contributed by atoms with Gasteiger partial charge in [0, 0.05) is 34.1 Å². The molecule has 6 N–H and O–H groups in total.